The van der Waals surface area contributed by atoms with Gasteiger partial charge in [-0.3, -0.25) is 0 Å². The Morgan fingerprint density at radius 1 is 1.05 bits per heavy atom. The summed E-state index contributed by atoms with van der Waals surface area (Å²) in [5.41, 5.74) is 13.1. The Morgan fingerprint density at radius 2 is 1.75 bits per heavy atom. The first-order valence-corrected chi connectivity index (χ1v) is 6.63. The molecule has 1 heterocycles. The van der Waals surface area contributed by atoms with Crippen LogP contribution in [0, 0.1) is 20.8 Å². The molecular weight excluding hydrogens is 248 g/mol. The van der Waals surface area contributed by atoms with E-state index in [1.165, 1.54) is 16.7 Å². The van der Waals surface area contributed by atoms with Gasteiger partial charge in [0, 0.05) is 11.4 Å². The van der Waals surface area contributed by atoms with Crippen molar-refractivity contribution in [3.63, 3.8) is 0 Å². The number of aromatic amines is 1. The second kappa shape index (κ2) is 4.56. The van der Waals surface area contributed by atoms with Gasteiger partial charge in [0.1, 0.15) is 0 Å². The average Bonchev–Trinajstić information content (AvgIpc) is 2.75. The molecule has 0 aliphatic heterocycles. The minimum absolute atomic E-state index is 0.732. The lowest BCUT2D eigenvalue weighted by molar-refractivity contribution is 1.26. The number of nitrogens with one attached hydrogen (secondary N) is 2. The number of rotatable bonds is 2. The SMILES string of the molecule is Cc1cc(C)c(Nc2nc3ccc(N)cc3[nH]2)c(C)c1. The maximum absolute atomic E-state index is 5.78. The first-order valence-electron chi connectivity index (χ1n) is 6.63. The highest BCUT2D eigenvalue weighted by molar-refractivity contribution is 5.81. The Bertz CT molecular complexity index is 763. The zero-order valence-electron chi connectivity index (χ0n) is 11.9. The van der Waals surface area contributed by atoms with Crippen LogP contribution in [0.4, 0.5) is 17.3 Å². The second-order valence-electron chi connectivity index (χ2n) is 5.26. The molecule has 0 aliphatic rings. The lowest BCUT2D eigenvalue weighted by Gasteiger charge is -2.11. The van der Waals surface area contributed by atoms with E-state index in [4.69, 9.17) is 5.73 Å². The molecule has 4 N–H and O–H groups in total. The molecule has 0 amide bonds. The Morgan fingerprint density at radius 3 is 2.45 bits per heavy atom. The number of fused-ring (bicyclic) bond motifs is 1. The summed E-state index contributed by atoms with van der Waals surface area (Å²) < 4.78 is 0. The maximum atomic E-state index is 5.78. The van der Waals surface area contributed by atoms with Crippen LogP contribution in [0.15, 0.2) is 30.3 Å². The lowest BCUT2D eigenvalue weighted by atomic mass is 10.1. The van der Waals surface area contributed by atoms with Crippen LogP contribution in [-0.4, -0.2) is 9.97 Å². The average molecular weight is 266 g/mol. The van der Waals surface area contributed by atoms with Crippen molar-refractivity contribution in [1.29, 1.82) is 0 Å². The van der Waals surface area contributed by atoms with Crippen molar-refractivity contribution in [3.8, 4) is 0 Å². The smallest absolute Gasteiger partial charge is 0.205 e. The van der Waals surface area contributed by atoms with Crippen molar-refractivity contribution < 1.29 is 0 Å². The largest absolute Gasteiger partial charge is 0.399 e. The summed E-state index contributed by atoms with van der Waals surface area (Å²) in [6, 6.07) is 9.99. The van der Waals surface area contributed by atoms with E-state index in [0.29, 0.717) is 0 Å². The molecule has 3 aromatic rings. The van der Waals surface area contributed by atoms with Crippen molar-refractivity contribution in [2.45, 2.75) is 20.8 Å². The van der Waals surface area contributed by atoms with Crippen LogP contribution in [0.5, 0.6) is 0 Å². The molecule has 0 spiro atoms. The van der Waals surface area contributed by atoms with Gasteiger partial charge in [0.2, 0.25) is 5.95 Å². The summed E-state index contributed by atoms with van der Waals surface area (Å²) in [6.45, 7) is 6.31. The number of anilines is 3. The minimum atomic E-state index is 0.732. The fraction of sp³-hybridized carbons (Fsp3) is 0.188. The monoisotopic (exact) mass is 266 g/mol. The number of nitrogens with zero attached hydrogens (tertiary/aromatic N) is 1. The third kappa shape index (κ3) is 2.20. The van der Waals surface area contributed by atoms with Crippen LogP contribution in [-0.2, 0) is 0 Å². The van der Waals surface area contributed by atoms with Crippen LogP contribution < -0.4 is 11.1 Å². The van der Waals surface area contributed by atoms with E-state index >= 15 is 0 Å². The molecule has 3 rings (SSSR count). The highest BCUT2D eigenvalue weighted by Crippen LogP contribution is 2.26. The van der Waals surface area contributed by atoms with Gasteiger partial charge in [-0.1, -0.05) is 17.7 Å². The number of hydrogen-bond acceptors (Lipinski definition) is 3. The van der Waals surface area contributed by atoms with Gasteiger partial charge < -0.3 is 16.0 Å². The van der Waals surface area contributed by atoms with E-state index in [0.717, 1.165) is 28.4 Å². The minimum Gasteiger partial charge on any atom is -0.399 e. The van der Waals surface area contributed by atoms with Crippen LogP contribution in [0.3, 0.4) is 0 Å². The van der Waals surface area contributed by atoms with Gasteiger partial charge in [0.25, 0.3) is 0 Å². The summed E-state index contributed by atoms with van der Waals surface area (Å²) in [5.74, 6) is 0.737. The van der Waals surface area contributed by atoms with Crippen molar-refractivity contribution >= 4 is 28.4 Å². The van der Waals surface area contributed by atoms with Crippen molar-refractivity contribution in [2.24, 2.45) is 0 Å². The Labute approximate surface area is 118 Å². The van der Waals surface area contributed by atoms with Crippen molar-refractivity contribution in [1.82, 2.24) is 9.97 Å². The number of benzene rings is 2. The van der Waals surface area contributed by atoms with Crippen LogP contribution in [0.1, 0.15) is 16.7 Å². The van der Waals surface area contributed by atoms with E-state index < -0.39 is 0 Å². The van der Waals surface area contributed by atoms with E-state index in [1.807, 2.05) is 18.2 Å². The van der Waals surface area contributed by atoms with E-state index in [1.54, 1.807) is 0 Å². The topological polar surface area (TPSA) is 66.7 Å². The third-order valence-electron chi connectivity index (χ3n) is 3.43. The molecule has 0 saturated carbocycles. The molecule has 0 unspecified atom stereocenters. The van der Waals surface area contributed by atoms with Gasteiger partial charge in [0.15, 0.2) is 0 Å². The molecule has 20 heavy (non-hydrogen) atoms. The molecule has 0 radical (unpaired) electrons. The highest BCUT2D eigenvalue weighted by atomic mass is 15.1. The van der Waals surface area contributed by atoms with Crippen molar-refractivity contribution in [3.05, 3.63) is 47.0 Å². The van der Waals surface area contributed by atoms with Gasteiger partial charge in [-0.25, -0.2) is 4.98 Å². The van der Waals surface area contributed by atoms with Gasteiger partial charge in [-0.2, -0.15) is 0 Å². The molecule has 0 saturated heterocycles. The first-order chi connectivity index (χ1) is 9.52. The van der Waals surface area contributed by atoms with Gasteiger partial charge in [0.05, 0.1) is 11.0 Å². The third-order valence-corrected chi connectivity index (χ3v) is 3.43. The number of aromatic nitrogens is 2. The fourth-order valence-electron chi connectivity index (χ4n) is 2.58. The zero-order chi connectivity index (χ0) is 14.3. The number of imidazole rings is 1. The first kappa shape index (κ1) is 12.5. The highest BCUT2D eigenvalue weighted by Gasteiger charge is 2.07. The Kier molecular flexibility index (Phi) is 2.86. The van der Waals surface area contributed by atoms with Crippen molar-refractivity contribution in [2.75, 3.05) is 11.1 Å². The number of aryl methyl sites for hydroxylation is 3. The summed E-state index contributed by atoms with van der Waals surface area (Å²) >= 11 is 0. The molecule has 1 aromatic heterocycles. The van der Waals surface area contributed by atoms with E-state index in [9.17, 15) is 0 Å². The maximum Gasteiger partial charge on any atom is 0.205 e. The molecule has 4 nitrogen and oxygen atoms in total. The molecule has 2 aromatic carbocycles. The number of H-pyrrole nitrogens is 1. The lowest BCUT2D eigenvalue weighted by Crippen LogP contribution is -1.98. The van der Waals surface area contributed by atoms with E-state index in [-0.39, 0.29) is 0 Å². The van der Waals surface area contributed by atoms with Gasteiger partial charge in [-0.15, -0.1) is 0 Å². The second-order valence-corrected chi connectivity index (χ2v) is 5.26. The molecular formula is C16H18N4. The number of hydrogen-bond donors (Lipinski definition) is 3. The summed E-state index contributed by atoms with van der Waals surface area (Å²) in [5, 5.41) is 3.37. The molecule has 0 bridgehead atoms. The number of nitrogen functional groups attached to an aromatic ring is 1. The zero-order valence-corrected chi connectivity index (χ0v) is 11.9. The predicted molar refractivity (Wildman–Crippen MR) is 84.4 cm³/mol. The van der Waals surface area contributed by atoms with Gasteiger partial charge >= 0.3 is 0 Å². The molecule has 0 atom stereocenters. The standard InChI is InChI=1S/C16H18N4/c1-9-6-10(2)15(11(3)7-9)20-16-18-13-5-4-12(17)8-14(13)19-16/h4-8H,17H2,1-3H3,(H2,18,19,20). The van der Waals surface area contributed by atoms with Crippen LogP contribution in [0.2, 0.25) is 0 Å². The van der Waals surface area contributed by atoms with Gasteiger partial charge in [-0.05, 0) is 50.1 Å². The quantitative estimate of drug-likeness (QED) is 0.618. The molecule has 0 fully saturated rings. The number of nitrogens with two attached hydrogens (primary N) is 1. The van der Waals surface area contributed by atoms with E-state index in [2.05, 4.69) is 48.2 Å². The molecule has 0 aliphatic carbocycles. The predicted octanol–water partition coefficient (Wildman–Crippen LogP) is 3.81. The molecule has 4 heteroatoms. The fourth-order valence-corrected chi connectivity index (χ4v) is 2.58. The normalized spacial score (nSPS) is 10.9. The Balaban J connectivity index is 2.01. The summed E-state index contributed by atoms with van der Waals surface area (Å²) in [7, 11) is 0. The summed E-state index contributed by atoms with van der Waals surface area (Å²) in [4.78, 5) is 7.78. The Hall–Kier alpha value is -2.49. The summed E-state index contributed by atoms with van der Waals surface area (Å²) in [6.07, 6.45) is 0. The molecule has 102 valence electrons. The van der Waals surface area contributed by atoms with Crippen LogP contribution in [0.25, 0.3) is 11.0 Å². The van der Waals surface area contributed by atoms with Crippen LogP contribution >= 0.6 is 0 Å².